The molecule has 0 aliphatic rings. The number of rotatable bonds is 7. The molecule has 0 spiro atoms. The maximum absolute atomic E-state index is 13.6. The van der Waals surface area contributed by atoms with Gasteiger partial charge in [-0.05, 0) is 66.6 Å². The molecule has 5 aromatic rings. The first-order chi connectivity index (χ1) is 20.9. The van der Waals surface area contributed by atoms with Gasteiger partial charge in [0.1, 0.15) is 17.3 Å². The highest BCUT2D eigenvalue weighted by Crippen LogP contribution is 2.41. The molecule has 1 unspecified atom stereocenters. The van der Waals surface area contributed by atoms with Crippen molar-refractivity contribution in [3.05, 3.63) is 90.3 Å². The minimum atomic E-state index is -5.94. The molecule has 236 valence electrons. The van der Waals surface area contributed by atoms with Crippen LogP contribution < -0.4 is 4.74 Å². The van der Waals surface area contributed by atoms with Crippen LogP contribution in [0.3, 0.4) is 0 Å². The topological polar surface area (TPSA) is 70.2 Å². The van der Waals surface area contributed by atoms with Gasteiger partial charge in [0.15, 0.2) is 17.3 Å². The Morgan fingerprint density at radius 3 is 2.07 bits per heavy atom. The first-order valence-corrected chi connectivity index (χ1v) is 14.4. The van der Waals surface area contributed by atoms with Crippen molar-refractivity contribution in [1.29, 1.82) is 0 Å². The summed E-state index contributed by atoms with van der Waals surface area (Å²) >= 11 is 0. The van der Waals surface area contributed by atoms with Gasteiger partial charge in [-0.25, -0.2) is 9.97 Å². The fraction of sp³-hybridized carbons (Fsp3) is 0.200. The summed E-state index contributed by atoms with van der Waals surface area (Å²) in [5, 5.41) is 0. The van der Waals surface area contributed by atoms with Crippen molar-refractivity contribution in [2.75, 3.05) is 6.26 Å². The fourth-order valence-electron chi connectivity index (χ4n) is 4.51. The first kappa shape index (κ1) is 31.9. The molecular weight excluding hydrogens is 634 g/mol. The average molecular weight is 656 g/mol. The summed E-state index contributed by atoms with van der Waals surface area (Å²) < 4.78 is 128. The molecule has 6 nitrogen and oxygen atoms in total. The molecule has 0 amide bonds. The number of hydrogen-bond acceptors (Lipinski definition) is 5. The monoisotopic (exact) mass is 655 g/mol. The number of nitrogens with zero attached hydrogens (tertiary/aromatic N) is 3. The van der Waals surface area contributed by atoms with Crippen LogP contribution in [0.1, 0.15) is 17.4 Å². The Labute approximate surface area is 252 Å². The summed E-state index contributed by atoms with van der Waals surface area (Å²) in [5.74, 6) is -0.587. The van der Waals surface area contributed by atoms with E-state index in [0.29, 0.717) is 16.0 Å². The molecule has 0 fully saturated rings. The number of aryl methyl sites for hydroxylation is 2. The van der Waals surface area contributed by atoms with Crippen LogP contribution in [0, 0.1) is 13.8 Å². The molecule has 2 heterocycles. The van der Waals surface area contributed by atoms with Gasteiger partial charge in [0.25, 0.3) is 0 Å². The Balaban J connectivity index is 1.67. The van der Waals surface area contributed by atoms with Crippen molar-refractivity contribution in [1.82, 2.24) is 14.5 Å². The first-order valence-electron chi connectivity index (χ1n) is 12.9. The molecule has 15 heteroatoms. The van der Waals surface area contributed by atoms with Crippen molar-refractivity contribution in [3.8, 4) is 45.1 Å². The van der Waals surface area contributed by atoms with E-state index in [2.05, 4.69) is 14.7 Å². The van der Waals surface area contributed by atoms with Crippen LogP contribution >= 0.6 is 0 Å². The summed E-state index contributed by atoms with van der Waals surface area (Å²) in [7, 11) is -1.30. The molecule has 5 rings (SSSR count). The van der Waals surface area contributed by atoms with E-state index in [4.69, 9.17) is 4.42 Å². The molecule has 2 aromatic heterocycles. The lowest BCUT2D eigenvalue weighted by Crippen LogP contribution is -2.41. The van der Waals surface area contributed by atoms with Gasteiger partial charge in [-0.3, -0.25) is 4.21 Å². The summed E-state index contributed by atoms with van der Waals surface area (Å²) in [6.45, 7) is 2.89. The summed E-state index contributed by atoms with van der Waals surface area (Å²) in [6, 6.07) is 15.8. The highest BCUT2D eigenvalue weighted by Gasteiger charge is 2.61. The molecule has 0 saturated carbocycles. The number of benzene rings is 3. The summed E-state index contributed by atoms with van der Waals surface area (Å²) in [6.07, 6.45) is -13.8. The number of hydrogen-bond donors (Lipinski definition) is 0. The van der Waals surface area contributed by atoms with Gasteiger partial charge in [-0.2, -0.15) is 35.1 Å². The molecule has 1 atom stereocenters. The van der Waals surface area contributed by atoms with Gasteiger partial charge in [-0.15, -0.1) is 0 Å². The Kier molecular flexibility index (Phi) is 8.10. The number of aromatic nitrogens is 3. The van der Waals surface area contributed by atoms with Gasteiger partial charge >= 0.3 is 18.5 Å². The fourth-order valence-corrected chi connectivity index (χ4v) is 5.07. The highest BCUT2D eigenvalue weighted by atomic mass is 32.2. The second-order valence-corrected chi connectivity index (χ2v) is 11.2. The highest BCUT2D eigenvalue weighted by molar-refractivity contribution is 7.84. The molecule has 0 N–H and O–H groups in total. The van der Waals surface area contributed by atoms with Crippen LogP contribution in [0.4, 0.5) is 35.1 Å². The van der Waals surface area contributed by atoms with Crippen molar-refractivity contribution >= 4 is 10.8 Å². The van der Waals surface area contributed by atoms with Gasteiger partial charge in [0.05, 0.1) is 5.69 Å². The molecule has 3 aromatic carbocycles. The number of alkyl halides is 8. The van der Waals surface area contributed by atoms with Crippen molar-refractivity contribution in [2.45, 2.75) is 37.2 Å². The Morgan fingerprint density at radius 1 is 0.822 bits per heavy atom. The maximum Gasteiger partial charge on any atom is 0.499 e. The predicted octanol–water partition coefficient (Wildman–Crippen LogP) is 8.77. The van der Waals surface area contributed by atoms with Crippen molar-refractivity contribution < 1.29 is 48.5 Å². The Morgan fingerprint density at radius 2 is 1.47 bits per heavy atom. The minimum absolute atomic E-state index is 0.00793. The molecule has 0 saturated heterocycles. The van der Waals surface area contributed by atoms with Crippen LogP contribution in [-0.4, -0.2) is 37.3 Å². The van der Waals surface area contributed by atoms with Crippen LogP contribution in [0.5, 0.6) is 5.75 Å². The molecule has 0 bridgehead atoms. The van der Waals surface area contributed by atoms with Crippen LogP contribution in [-0.2, 0) is 17.0 Å². The lowest BCUT2D eigenvalue weighted by atomic mass is 9.98. The van der Waals surface area contributed by atoms with E-state index in [-0.39, 0.29) is 40.0 Å². The third kappa shape index (κ3) is 6.48. The molecular formula is C30H21F8N3O3S. The minimum Gasteiger partial charge on any atom is -0.440 e. The van der Waals surface area contributed by atoms with E-state index >= 15 is 0 Å². The van der Waals surface area contributed by atoms with Crippen LogP contribution in [0.15, 0.2) is 82.2 Å². The Hall–Kier alpha value is -4.53. The predicted molar refractivity (Wildman–Crippen MR) is 148 cm³/mol. The third-order valence-corrected chi connectivity index (χ3v) is 7.53. The van der Waals surface area contributed by atoms with E-state index < -0.39 is 40.7 Å². The molecule has 45 heavy (non-hydrogen) atoms. The van der Waals surface area contributed by atoms with E-state index in [0.717, 1.165) is 18.3 Å². The lowest BCUT2D eigenvalue weighted by molar-refractivity contribution is -0.360. The van der Waals surface area contributed by atoms with Crippen molar-refractivity contribution in [3.63, 3.8) is 0 Å². The van der Waals surface area contributed by atoms with Crippen LogP contribution in [0.25, 0.3) is 39.4 Å². The zero-order chi connectivity index (χ0) is 32.9. The van der Waals surface area contributed by atoms with Gasteiger partial charge in [0, 0.05) is 46.2 Å². The third-order valence-electron chi connectivity index (χ3n) is 6.61. The largest absolute Gasteiger partial charge is 0.499 e. The van der Waals surface area contributed by atoms with Crippen molar-refractivity contribution in [2.24, 2.45) is 0 Å². The second kappa shape index (κ2) is 11.4. The summed E-state index contributed by atoms with van der Waals surface area (Å²) in [5.41, 5.74) is 0.939. The average Bonchev–Trinajstić information content (AvgIpc) is 3.55. The second-order valence-electron chi connectivity index (χ2n) is 9.81. The quantitative estimate of drug-likeness (QED) is 0.164. The zero-order valence-corrected chi connectivity index (χ0v) is 24.2. The van der Waals surface area contributed by atoms with Crippen LogP contribution in [0.2, 0.25) is 0 Å². The standard InChI is InChI=1S/C30H21F8N3O3S/c1-16-39-25(28(31,32)33)15-41(16)24-12-9-20(19-5-4-6-22(13-19)45(3)42)14-23(24)26-27(43-17(2)40-26)18-7-10-21(11-8-18)44-30(37,38)29(34,35)36/h4-15H,1-3H3. The van der Waals surface area contributed by atoms with E-state index in [1.807, 2.05) is 0 Å². The molecule has 0 radical (unpaired) electrons. The maximum atomic E-state index is 13.6. The molecule has 0 aliphatic carbocycles. The Bertz CT molecular complexity index is 1890. The number of oxazole rings is 1. The smallest absolute Gasteiger partial charge is 0.440 e. The van der Waals surface area contributed by atoms with Gasteiger partial charge < -0.3 is 13.7 Å². The zero-order valence-electron chi connectivity index (χ0n) is 23.4. The summed E-state index contributed by atoms with van der Waals surface area (Å²) in [4.78, 5) is 8.64. The normalized spacial score (nSPS) is 13.2. The lowest BCUT2D eigenvalue weighted by Gasteiger charge is -2.20. The number of halogens is 8. The number of imidazole rings is 1. The number of ether oxygens (including phenoxy) is 1. The van der Waals surface area contributed by atoms with E-state index in [9.17, 15) is 39.3 Å². The molecule has 0 aliphatic heterocycles. The van der Waals surface area contributed by atoms with E-state index in [1.165, 1.54) is 36.8 Å². The van der Waals surface area contributed by atoms with Gasteiger partial charge in [0.2, 0.25) is 0 Å². The SMILES string of the molecule is Cc1nc(-c2cc(-c3cccc(S(C)=O)c3)ccc2-n2cc(C(F)(F)F)nc2C)c(-c2ccc(OC(F)(F)C(F)(F)F)cc2)o1. The van der Waals surface area contributed by atoms with E-state index in [1.54, 1.807) is 42.5 Å². The van der Waals surface area contributed by atoms with Gasteiger partial charge in [-0.1, -0.05) is 18.2 Å².